The molecule has 2 unspecified atom stereocenters. The van der Waals surface area contributed by atoms with Crippen LogP contribution in [0.2, 0.25) is 0 Å². The van der Waals surface area contributed by atoms with Crippen molar-refractivity contribution in [2.45, 2.75) is 25.8 Å². The molecule has 2 amide bonds. The predicted molar refractivity (Wildman–Crippen MR) is 122 cm³/mol. The summed E-state index contributed by atoms with van der Waals surface area (Å²) in [6.45, 7) is 1.82. The molecule has 1 aliphatic rings. The number of piperidine rings is 1. The smallest absolute Gasteiger partial charge is 0.229 e. The van der Waals surface area contributed by atoms with Gasteiger partial charge in [-0.05, 0) is 60.9 Å². The fourth-order valence-electron chi connectivity index (χ4n) is 4.20. The highest BCUT2D eigenvalue weighted by Crippen LogP contribution is 2.41. The first kappa shape index (κ1) is 21.6. The quantitative estimate of drug-likeness (QED) is 0.598. The summed E-state index contributed by atoms with van der Waals surface area (Å²) in [4.78, 5) is 28.2. The average molecular weight is 432 g/mol. The third kappa shape index (κ3) is 4.35. The van der Waals surface area contributed by atoms with E-state index < -0.39 is 17.8 Å². The molecule has 3 aromatic rings. The van der Waals surface area contributed by atoms with Crippen molar-refractivity contribution in [2.24, 2.45) is 5.92 Å². The normalized spacial score (nSPS) is 18.3. The summed E-state index contributed by atoms with van der Waals surface area (Å²) < 4.78 is 19.0. The van der Waals surface area contributed by atoms with Crippen molar-refractivity contribution in [2.75, 3.05) is 17.3 Å². The Morgan fingerprint density at radius 1 is 1.06 bits per heavy atom. The first-order chi connectivity index (χ1) is 15.5. The maximum atomic E-state index is 13.8. The molecule has 2 atom stereocenters. The molecule has 0 aromatic heterocycles. The van der Waals surface area contributed by atoms with Crippen molar-refractivity contribution >= 4 is 23.2 Å². The molecule has 164 valence electrons. The summed E-state index contributed by atoms with van der Waals surface area (Å²) in [5, 5.41) is 2.89. The Morgan fingerprint density at radius 3 is 2.47 bits per heavy atom. The van der Waals surface area contributed by atoms with Gasteiger partial charge >= 0.3 is 0 Å². The summed E-state index contributed by atoms with van der Waals surface area (Å²) in [6, 6.07) is 20.6. The molecular formula is C26H25FN2O3. The third-order valence-electron chi connectivity index (χ3n) is 5.88. The molecule has 5 nitrogen and oxygen atoms in total. The molecule has 1 aliphatic heterocycles. The largest absolute Gasteiger partial charge is 0.497 e. The SMILES string of the molecule is COc1ccc(N2C(=O)CCC(C(=O)Nc3cc(F)ccc3C)C2c2ccccc2)cc1. The minimum Gasteiger partial charge on any atom is -0.497 e. The summed E-state index contributed by atoms with van der Waals surface area (Å²) in [7, 11) is 1.59. The summed E-state index contributed by atoms with van der Waals surface area (Å²) in [5.74, 6) is -0.511. The fraction of sp³-hybridized carbons (Fsp3) is 0.231. The lowest BCUT2D eigenvalue weighted by molar-refractivity contribution is -0.125. The number of rotatable bonds is 5. The number of nitrogens with zero attached hydrogens (tertiary/aromatic N) is 1. The molecular weight excluding hydrogens is 407 g/mol. The van der Waals surface area contributed by atoms with Crippen molar-refractivity contribution in [3.8, 4) is 5.75 Å². The number of hydrogen-bond acceptors (Lipinski definition) is 3. The standard InChI is InChI=1S/C26H25FN2O3/c1-17-8-9-19(27)16-23(17)28-26(31)22-14-15-24(30)29(20-10-12-21(32-2)13-11-20)25(22)18-6-4-3-5-7-18/h3-13,16,22,25H,14-15H2,1-2H3,(H,28,31). The first-order valence-corrected chi connectivity index (χ1v) is 10.6. The Bertz CT molecular complexity index is 1120. The van der Waals surface area contributed by atoms with Crippen molar-refractivity contribution in [3.63, 3.8) is 0 Å². The molecule has 0 spiro atoms. The molecule has 1 fully saturated rings. The topological polar surface area (TPSA) is 58.6 Å². The monoisotopic (exact) mass is 432 g/mol. The van der Waals surface area contributed by atoms with Crippen molar-refractivity contribution < 1.29 is 18.7 Å². The van der Waals surface area contributed by atoms with Crippen LogP contribution in [0.15, 0.2) is 72.8 Å². The van der Waals surface area contributed by atoms with Crippen molar-refractivity contribution in [1.82, 2.24) is 0 Å². The van der Waals surface area contributed by atoms with Gasteiger partial charge < -0.3 is 15.0 Å². The highest BCUT2D eigenvalue weighted by molar-refractivity contribution is 6.00. The van der Waals surface area contributed by atoms with Gasteiger partial charge in [0.2, 0.25) is 11.8 Å². The molecule has 1 saturated heterocycles. The van der Waals surface area contributed by atoms with Crippen LogP contribution in [0.5, 0.6) is 5.75 Å². The number of benzene rings is 3. The molecule has 0 aliphatic carbocycles. The zero-order valence-corrected chi connectivity index (χ0v) is 18.0. The van der Waals surface area contributed by atoms with Gasteiger partial charge in [0.25, 0.3) is 0 Å². The van der Waals surface area contributed by atoms with E-state index in [0.717, 1.165) is 11.1 Å². The second kappa shape index (κ2) is 9.22. The summed E-state index contributed by atoms with van der Waals surface area (Å²) in [6.07, 6.45) is 0.654. The number of amides is 2. The van der Waals surface area contributed by atoms with Gasteiger partial charge in [0.15, 0.2) is 0 Å². The van der Waals surface area contributed by atoms with Gasteiger partial charge in [0, 0.05) is 17.8 Å². The van der Waals surface area contributed by atoms with E-state index in [2.05, 4.69) is 5.32 Å². The van der Waals surface area contributed by atoms with Crippen LogP contribution in [0.3, 0.4) is 0 Å². The number of nitrogens with one attached hydrogen (secondary N) is 1. The molecule has 1 N–H and O–H groups in total. The summed E-state index contributed by atoms with van der Waals surface area (Å²) >= 11 is 0. The number of ether oxygens (including phenoxy) is 1. The van der Waals surface area contributed by atoms with Crippen LogP contribution in [-0.2, 0) is 9.59 Å². The zero-order valence-electron chi connectivity index (χ0n) is 18.0. The Labute approximate surface area is 186 Å². The molecule has 6 heteroatoms. The van der Waals surface area contributed by atoms with Gasteiger partial charge in [-0.2, -0.15) is 0 Å². The van der Waals surface area contributed by atoms with Gasteiger partial charge in [-0.3, -0.25) is 9.59 Å². The van der Waals surface area contributed by atoms with Crippen LogP contribution >= 0.6 is 0 Å². The van der Waals surface area contributed by atoms with Crippen LogP contribution in [0.25, 0.3) is 0 Å². The molecule has 0 saturated carbocycles. The highest BCUT2D eigenvalue weighted by Gasteiger charge is 2.41. The van der Waals surface area contributed by atoms with Crippen molar-refractivity contribution in [3.05, 3.63) is 89.7 Å². The van der Waals surface area contributed by atoms with Gasteiger partial charge in [-0.15, -0.1) is 0 Å². The van der Waals surface area contributed by atoms with Gasteiger partial charge in [0.1, 0.15) is 11.6 Å². The van der Waals surface area contributed by atoms with E-state index >= 15 is 0 Å². The lowest BCUT2D eigenvalue weighted by Crippen LogP contribution is -2.47. The van der Waals surface area contributed by atoms with E-state index in [1.165, 1.54) is 12.1 Å². The summed E-state index contributed by atoms with van der Waals surface area (Å²) in [5.41, 5.74) is 2.78. The number of anilines is 2. The Hall–Kier alpha value is -3.67. The van der Waals surface area contributed by atoms with Crippen molar-refractivity contribution in [1.29, 1.82) is 0 Å². The van der Waals surface area contributed by atoms with Gasteiger partial charge in [0.05, 0.1) is 19.1 Å². The molecule has 1 heterocycles. The van der Waals surface area contributed by atoms with E-state index in [1.54, 1.807) is 30.2 Å². The minimum atomic E-state index is -0.500. The second-order valence-electron chi connectivity index (χ2n) is 7.91. The van der Waals surface area contributed by atoms with E-state index in [-0.39, 0.29) is 18.2 Å². The van der Waals surface area contributed by atoms with Crippen LogP contribution < -0.4 is 15.0 Å². The number of carbonyl (C=O) groups is 2. The third-order valence-corrected chi connectivity index (χ3v) is 5.88. The molecule has 3 aromatic carbocycles. The number of aryl methyl sites for hydroxylation is 1. The lowest BCUT2D eigenvalue weighted by atomic mass is 9.83. The highest BCUT2D eigenvalue weighted by atomic mass is 19.1. The van der Waals surface area contributed by atoms with Crippen LogP contribution in [-0.4, -0.2) is 18.9 Å². The number of methoxy groups -OCH3 is 1. The average Bonchev–Trinajstić information content (AvgIpc) is 2.82. The molecule has 0 bridgehead atoms. The maximum absolute atomic E-state index is 13.8. The van der Waals surface area contributed by atoms with Crippen LogP contribution in [0.1, 0.15) is 30.0 Å². The molecule has 32 heavy (non-hydrogen) atoms. The molecule has 4 rings (SSSR count). The van der Waals surface area contributed by atoms with E-state index in [0.29, 0.717) is 23.5 Å². The predicted octanol–water partition coefficient (Wildman–Crippen LogP) is 5.27. The zero-order chi connectivity index (χ0) is 22.7. The van der Waals surface area contributed by atoms with E-state index in [1.807, 2.05) is 49.4 Å². The lowest BCUT2D eigenvalue weighted by Gasteiger charge is -2.41. The Kier molecular flexibility index (Phi) is 6.21. The number of hydrogen-bond donors (Lipinski definition) is 1. The Balaban J connectivity index is 1.72. The number of carbonyl (C=O) groups excluding carboxylic acids is 2. The second-order valence-corrected chi connectivity index (χ2v) is 7.91. The Morgan fingerprint density at radius 2 is 1.78 bits per heavy atom. The number of halogens is 1. The first-order valence-electron chi connectivity index (χ1n) is 10.6. The maximum Gasteiger partial charge on any atom is 0.229 e. The van der Waals surface area contributed by atoms with E-state index in [4.69, 9.17) is 4.74 Å². The van der Waals surface area contributed by atoms with Crippen LogP contribution in [0, 0.1) is 18.7 Å². The van der Waals surface area contributed by atoms with Gasteiger partial charge in [-0.25, -0.2) is 4.39 Å². The van der Waals surface area contributed by atoms with Gasteiger partial charge in [-0.1, -0.05) is 36.4 Å². The van der Waals surface area contributed by atoms with Crippen LogP contribution in [0.4, 0.5) is 15.8 Å². The molecule has 0 radical (unpaired) electrons. The minimum absolute atomic E-state index is 0.0463. The van der Waals surface area contributed by atoms with E-state index in [9.17, 15) is 14.0 Å². The fourth-order valence-corrected chi connectivity index (χ4v) is 4.20.